The molecular weight excluding hydrogens is 302 g/mol. The maximum atomic E-state index is 13.9. The number of anilines is 1. The lowest BCUT2D eigenvalue weighted by atomic mass is 10.2. The van der Waals surface area contributed by atoms with Crippen molar-refractivity contribution in [2.24, 2.45) is 0 Å². The molecule has 0 bridgehead atoms. The monoisotopic (exact) mass is 312 g/mol. The first-order valence-electron chi connectivity index (χ1n) is 5.74. The fraction of sp³-hybridized carbons (Fsp3) is 0.0769. The second-order valence-electron chi connectivity index (χ2n) is 4.06. The number of pyridine rings is 1. The lowest BCUT2D eigenvalue weighted by Gasteiger charge is -2.16. The Bertz CT molecular complexity index is 735. The molecule has 0 fully saturated rings. The maximum Gasteiger partial charge on any atom is 0.425 e. The molecule has 0 saturated carbocycles. The Balaban J connectivity index is 2.32. The van der Waals surface area contributed by atoms with E-state index < -0.39 is 26.6 Å². The minimum atomic E-state index is -5.22. The van der Waals surface area contributed by atoms with E-state index in [0.29, 0.717) is 0 Å². The molecule has 2 aromatic rings. The highest BCUT2D eigenvalue weighted by atomic mass is 32.2. The van der Waals surface area contributed by atoms with E-state index in [2.05, 4.69) is 4.98 Å². The molecule has 0 aliphatic rings. The number of benzene rings is 1. The van der Waals surface area contributed by atoms with Gasteiger partial charge >= 0.3 is 15.3 Å². The molecule has 0 radical (unpaired) electrons. The molecule has 1 aromatic heterocycles. The highest BCUT2D eigenvalue weighted by Crippen LogP contribution is 2.28. The van der Waals surface area contributed by atoms with Gasteiger partial charge in [0.15, 0.2) is 0 Å². The fourth-order valence-corrected chi connectivity index (χ4v) is 2.45. The van der Waals surface area contributed by atoms with Crippen LogP contribution in [0.4, 0.5) is 14.5 Å². The minimum Gasteiger partial charge on any atom is -0.286 e. The van der Waals surface area contributed by atoms with Gasteiger partial charge in [-0.1, -0.05) is 18.2 Å². The quantitative estimate of drug-likeness (QED) is 0.860. The van der Waals surface area contributed by atoms with Gasteiger partial charge in [-0.25, -0.2) is 0 Å². The number of Topliss-reactive ketones (excluding diaryl/α,β-unsaturated/α-hetero) is 1. The van der Waals surface area contributed by atoms with Crippen LogP contribution >= 0.6 is 0 Å². The molecule has 21 heavy (non-hydrogen) atoms. The number of nitrogens with zero attached hydrogens (tertiary/aromatic N) is 1. The number of carbonyl (C=O) groups excluding carboxylic acids is 1. The Morgan fingerprint density at radius 3 is 2.33 bits per heavy atom. The molecule has 0 aliphatic carbocycles. The molecule has 0 amide bonds. The van der Waals surface area contributed by atoms with Crippen molar-refractivity contribution in [3.63, 3.8) is 0 Å². The first kappa shape index (κ1) is 15.0. The average Bonchev–Trinajstić information content (AvgIpc) is 2.47. The summed E-state index contributed by atoms with van der Waals surface area (Å²) in [5.74, 6) is -1.83. The molecule has 8 heteroatoms. The zero-order valence-corrected chi connectivity index (χ0v) is 11.3. The van der Waals surface area contributed by atoms with E-state index in [-0.39, 0.29) is 5.69 Å². The molecular formula is C13H10F2N2O3S. The largest absolute Gasteiger partial charge is 0.425 e. The van der Waals surface area contributed by atoms with Crippen LogP contribution in [-0.2, 0) is 10.0 Å². The van der Waals surface area contributed by atoms with Crippen molar-refractivity contribution in [2.45, 2.75) is 5.25 Å². The van der Waals surface area contributed by atoms with Crippen molar-refractivity contribution in [1.29, 1.82) is 0 Å². The first-order chi connectivity index (χ1) is 9.84. The van der Waals surface area contributed by atoms with Crippen LogP contribution in [0.15, 0.2) is 54.9 Å². The lowest BCUT2D eigenvalue weighted by molar-refractivity contribution is 0.0529. The van der Waals surface area contributed by atoms with Gasteiger partial charge < -0.3 is 0 Å². The van der Waals surface area contributed by atoms with Crippen molar-refractivity contribution in [2.75, 3.05) is 4.72 Å². The number of alkyl halides is 2. The molecule has 110 valence electrons. The Morgan fingerprint density at radius 1 is 1.10 bits per heavy atom. The number of carbonyl (C=O) groups is 1. The molecule has 0 aliphatic heterocycles. The maximum absolute atomic E-state index is 13.9. The van der Waals surface area contributed by atoms with Gasteiger partial charge in [-0.2, -0.15) is 17.2 Å². The third kappa shape index (κ3) is 3.05. The molecule has 1 heterocycles. The topological polar surface area (TPSA) is 76.1 Å². The molecule has 0 saturated heterocycles. The van der Waals surface area contributed by atoms with Crippen LogP contribution in [0.3, 0.4) is 0 Å². The van der Waals surface area contributed by atoms with Crippen molar-refractivity contribution in [1.82, 2.24) is 4.98 Å². The van der Waals surface area contributed by atoms with Crippen LogP contribution in [0.2, 0.25) is 0 Å². The third-order valence-electron chi connectivity index (χ3n) is 2.55. The fourth-order valence-electron chi connectivity index (χ4n) is 1.51. The number of nitrogens with one attached hydrogen (secondary N) is 1. The van der Waals surface area contributed by atoms with E-state index in [1.807, 2.05) is 0 Å². The number of ketones is 1. The van der Waals surface area contributed by atoms with Gasteiger partial charge in [-0.3, -0.25) is 14.5 Å². The smallest absolute Gasteiger partial charge is 0.286 e. The Labute approximate surface area is 119 Å². The number of halogens is 2. The van der Waals surface area contributed by atoms with E-state index in [9.17, 15) is 22.0 Å². The van der Waals surface area contributed by atoms with Crippen LogP contribution in [0.5, 0.6) is 0 Å². The Morgan fingerprint density at radius 2 is 1.76 bits per heavy atom. The summed E-state index contributed by atoms with van der Waals surface area (Å²) in [5.41, 5.74) is -0.544. The summed E-state index contributed by atoms with van der Waals surface area (Å²) >= 11 is 0. The van der Waals surface area contributed by atoms with Crippen LogP contribution in [0.25, 0.3) is 0 Å². The molecule has 2 rings (SSSR count). The first-order valence-corrected chi connectivity index (χ1v) is 7.23. The van der Waals surface area contributed by atoms with Crippen LogP contribution in [0.1, 0.15) is 10.4 Å². The van der Waals surface area contributed by atoms with Gasteiger partial charge in [-0.15, -0.1) is 0 Å². The average molecular weight is 312 g/mol. The van der Waals surface area contributed by atoms with Gasteiger partial charge in [0.1, 0.15) is 0 Å². The number of rotatable bonds is 5. The number of aromatic nitrogens is 1. The molecule has 1 N–H and O–H groups in total. The summed E-state index contributed by atoms with van der Waals surface area (Å²) in [4.78, 5) is 15.2. The lowest BCUT2D eigenvalue weighted by Crippen LogP contribution is -2.41. The zero-order valence-electron chi connectivity index (χ0n) is 10.5. The van der Waals surface area contributed by atoms with Crippen LogP contribution < -0.4 is 4.72 Å². The summed E-state index contributed by atoms with van der Waals surface area (Å²) < 4.78 is 53.0. The molecule has 0 unspecified atom stereocenters. The zero-order chi connectivity index (χ0) is 15.5. The molecule has 0 spiro atoms. The predicted octanol–water partition coefficient (Wildman–Crippen LogP) is 2.30. The van der Waals surface area contributed by atoms with Crippen molar-refractivity contribution in [3.05, 3.63) is 60.4 Å². The summed E-state index contributed by atoms with van der Waals surface area (Å²) in [6.07, 6.45) is 2.17. The van der Waals surface area contributed by atoms with Crippen LogP contribution in [-0.4, -0.2) is 24.4 Å². The van der Waals surface area contributed by atoms with Gasteiger partial charge in [-0.05, 0) is 24.3 Å². The molecule has 1 aromatic carbocycles. The SMILES string of the molecule is O=C(c1cccnc1)C(F)(F)S(=O)(=O)Nc1ccccc1. The van der Waals surface area contributed by atoms with Crippen LogP contribution in [0, 0.1) is 0 Å². The Hall–Kier alpha value is -2.35. The van der Waals surface area contributed by atoms with Gasteiger partial charge in [0.05, 0.1) is 0 Å². The standard InChI is InChI=1S/C13H10F2N2O3S/c14-13(15,12(18)10-5-4-8-16-9-10)21(19,20)17-11-6-2-1-3-7-11/h1-9,17H. The highest BCUT2D eigenvalue weighted by Gasteiger charge is 2.53. The normalized spacial score (nSPS) is 11.9. The van der Waals surface area contributed by atoms with Crippen molar-refractivity contribution >= 4 is 21.5 Å². The van der Waals surface area contributed by atoms with E-state index in [1.165, 1.54) is 36.5 Å². The summed E-state index contributed by atoms with van der Waals surface area (Å²) in [6, 6.07) is 9.46. The molecule has 0 atom stereocenters. The summed E-state index contributed by atoms with van der Waals surface area (Å²) in [7, 11) is -5.22. The van der Waals surface area contributed by atoms with Crippen molar-refractivity contribution in [3.8, 4) is 0 Å². The highest BCUT2D eigenvalue weighted by molar-refractivity contribution is 7.94. The van der Waals surface area contributed by atoms with E-state index in [0.717, 1.165) is 12.3 Å². The van der Waals surface area contributed by atoms with E-state index >= 15 is 0 Å². The van der Waals surface area contributed by atoms with E-state index in [1.54, 1.807) is 10.8 Å². The van der Waals surface area contributed by atoms with E-state index in [4.69, 9.17) is 0 Å². The van der Waals surface area contributed by atoms with Gasteiger partial charge in [0, 0.05) is 23.6 Å². The third-order valence-corrected chi connectivity index (χ3v) is 3.92. The number of hydrogen-bond donors (Lipinski definition) is 1. The second kappa shape index (κ2) is 5.57. The minimum absolute atomic E-state index is 0.0591. The van der Waals surface area contributed by atoms with Crippen molar-refractivity contribution < 1.29 is 22.0 Å². The molecule has 5 nitrogen and oxygen atoms in total. The number of hydrogen-bond acceptors (Lipinski definition) is 4. The Kier molecular flexibility index (Phi) is 3.99. The number of sulfonamides is 1. The van der Waals surface area contributed by atoms with Gasteiger partial charge in [0.2, 0.25) is 0 Å². The predicted molar refractivity (Wildman–Crippen MR) is 72.5 cm³/mol. The summed E-state index contributed by atoms with van der Waals surface area (Å²) in [5, 5.41) is -4.61. The number of para-hydroxylation sites is 1. The summed E-state index contributed by atoms with van der Waals surface area (Å²) in [6.45, 7) is 0. The second-order valence-corrected chi connectivity index (χ2v) is 5.78. The van der Waals surface area contributed by atoms with Gasteiger partial charge in [0.25, 0.3) is 5.78 Å².